The summed E-state index contributed by atoms with van der Waals surface area (Å²) in [6.45, 7) is 8.21. The fourth-order valence-electron chi connectivity index (χ4n) is 2.58. The van der Waals surface area contributed by atoms with Gasteiger partial charge in [0, 0.05) is 44.2 Å². The summed E-state index contributed by atoms with van der Waals surface area (Å²) in [6.07, 6.45) is 1.34. The molecule has 5 nitrogen and oxygen atoms in total. The zero-order valence-electron chi connectivity index (χ0n) is 14.4. The lowest BCUT2D eigenvalue weighted by Crippen LogP contribution is -2.40. The van der Waals surface area contributed by atoms with Crippen molar-refractivity contribution < 1.29 is 14.6 Å². The lowest BCUT2D eigenvalue weighted by Gasteiger charge is -2.28. The molecule has 1 heterocycles. The van der Waals surface area contributed by atoms with Crippen molar-refractivity contribution in [1.82, 2.24) is 10.2 Å². The molecule has 1 aromatic carbocycles. The summed E-state index contributed by atoms with van der Waals surface area (Å²) in [5.41, 5.74) is 1.12. The maximum absolute atomic E-state index is 10.2. The fraction of sp³-hybridized carbons (Fsp3) is 0.556. The molecule has 2 N–H and O–H groups in total. The Labute approximate surface area is 149 Å². The van der Waals surface area contributed by atoms with Gasteiger partial charge in [0.25, 0.3) is 0 Å². The van der Waals surface area contributed by atoms with Crippen LogP contribution in [0.25, 0.3) is 0 Å². The highest BCUT2D eigenvalue weighted by Gasteiger charge is 2.16. The van der Waals surface area contributed by atoms with Gasteiger partial charge in [-0.15, -0.1) is 6.58 Å². The summed E-state index contributed by atoms with van der Waals surface area (Å²) in [4.78, 5) is 2.29. The van der Waals surface area contributed by atoms with E-state index in [1.165, 1.54) is 0 Å². The number of rotatable bonds is 10. The van der Waals surface area contributed by atoms with E-state index in [1.54, 1.807) is 7.11 Å². The van der Waals surface area contributed by atoms with Gasteiger partial charge in [0.2, 0.25) is 0 Å². The number of hydrogen-bond acceptors (Lipinski definition) is 6. The van der Waals surface area contributed by atoms with Crippen LogP contribution in [0.3, 0.4) is 0 Å². The Balaban J connectivity index is 1.82. The third kappa shape index (κ3) is 6.36. The fourth-order valence-corrected chi connectivity index (χ4v) is 3.56. The maximum atomic E-state index is 10.2. The first kappa shape index (κ1) is 19.1. The Hall–Kier alpha value is -1.21. The van der Waals surface area contributed by atoms with Crippen molar-refractivity contribution >= 4 is 11.8 Å². The van der Waals surface area contributed by atoms with Gasteiger partial charge in [0.05, 0.1) is 7.11 Å². The van der Waals surface area contributed by atoms with Gasteiger partial charge < -0.3 is 19.9 Å². The van der Waals surface area contributed by atoms with Crippen molar-refractivity contribution in [2.45, 2.75) is 12.6 Å². The highest BCUT2D eigenvalue weighted by Crippen LogP contribution is 2.28. The molecular weight excluding hydrogens is 324 g/mol. The predicted molar refractivity (Wildman–Crippen MR) is 100 cm³/mol. The summed E-state index contributed by atoms with van der Waals surface area (Å²) in [5, 5.41) is 13.4. The number of ether oxygens (including phenoxy) is 2. The van der Waals surface area contributed by atoms with Crippen LogP contribution >= 0.6 is 11.8 Å². The van der Waals surface area contributed by atoms with Crippen LogP contribution in [0.1, 0.15) is 5.56 Å². The van der Waals surface area contributed by atoms with Crippen molar-refractivity contribution in [3.8, 4) is 11.5 Å². The molecule has 0 bridgehead atoms. The Bertz CT molecular complexity index is 507. The smallest absolute Gasteiger partial charge is 0.161 e. The van der Waals surface area contributed by atoms with Crippen molar-refractivity contribution in [2.24, 2.45) is 0 Å². The van der Waals surface area contributed by atoms with Crippen molar-refractivity contribution in [3.63, 3.8) is 0 Å². The minimum absolute atomic E-state index is 0.272. The van der Waals surface area contributed by atoms with E-state index in [4.69, 9.17) is 9.47 Å². The summed E-state index contributed by atoms with van der Waals surface area (Å²) in [5.74, 6) is 3.64. The second-order valence-electron chi connectivity index (χ2n) is 5.78. The van der Waals surface area contributed by atoms with Crippen LogP contribution in [-0.2, 0) is 6.54 Å². The van der Waals surface area contributed by atoms with Gasteiger partial charge in [0.15, 0.2) is 11.5 Å². The summed E-state index contributed by atoms with van der Waals surface area (Å²) < 4.78 is 11.2. The highest BCUT2D eigenvalue weighted by molar-refractivity contribution is 7.99. The van der Waals surface area contributed by atoms with E-state index in [0.29, 0.717) is 18.0 Å². The molecule has 134 valence electrons. The predicted octanol–water partition coefficient (Wildman–Crippen LogP) is 1.76. The number of nitrogens with one attached hydrogen (secondary N) is 1. The Morgan fingerprint density at radius 2 is 2.17 bits per heavy atom. The molecule has 6 heteroatoms. The van der Waals surface area contributed by atoms with Crippen LogP contribution in [0.15, 0.2) is 30.9 Å². The van der Waals surface area contributed by atoms with E-state index in [2.05, 4.69) is 16.8 Å². The number of aliphatic hydroxyl groups excluding tert-OH is 1. The number of β-amino-alcohol motifs (C(OH)–C–C–N with tert-alkyl or cyclic N) is 1. The molecule has 0 unspecified atom stereocenters. The molecule has 0 radical (unpaired) electrons. The van der Waals surface area contributed by atoms with E-state index in [1.807, 2.05) is 36.0 Å². The summed E-state index contributed by atoms with van der Waals surface area (Å²) >= 11 is 1.97. The zero-order valence-corrected chi connectivity index (χ0v) is 15.2. The first-order valence-electron chi connectivity index (χ1n) is 8.32. The van der Waals surface area contributed by atoms with Gasteiger partial charge >= 0.3 is 0 Å². The van der Waals surface area contributed by atoms with Gasteiger partial charge in [-0.25, -0.2) is 0 Å². The molecule has 2 rings (SSSR count). The quantitative estimate of drug-likeness (QED) is 0.494. The van der Waals surface area contributed by atoms with Crippen LogP contribution in [0.2, 0.25) is 0 Å². The molecule has 1 aliphatic rings. The van der Waals surface area contributed by atoms with Crippen LogP contribution < -0.4 is 14.8 Å². The second-order valence-corrected chi connectivity index (χ2v) is 7.01. The molecule has 1 saturated heterocycles. The molecule has 0 spiro atoms. The van der Waals surface area contributed by atoms with E-state index in [0.717, 1.165) is 43.2 Å². The van der Waals surface area contributed by atoms with Gasteiger partial charge in [-0.05, 0) is 17.7 Å². The molecular formula is C18H28N2O3S. The lowest BCUT2D eigenvalue weighted by atomic mass is 10.2. The number of aliphatic hydroxyl groups is 1. The van der Waals surface area contributed by atoms with Gasteiger partial charge in [-0.2, -0.15) is 11.8 Å². The molecule has 1 aromatic rings. The summed E-state index contributed by atoms with van der Waals surface area (Å²) in [6, 6.07) is 5.86. The third-order valence-electron chi connectivity index (χ3n) is 3.85. The monoisotopic (exact) mass is 352 g/mol. The standard InChI is InChI=1S/C18H28N2O3S/c1-3-6-19-12-15-4-5-17(18(11-15)22-2)23-14-16(21)13-20-7-9-24-10-8-20/h3-5,11,16,19,21H,1,6-10,12-14H2,2H3/t16-/m0/s1. The topological polar surface area (TPSA) is 54.0 Å². The first-order valence-corrected chi connectivity index (χ1v) is 9.48. The Morgan fingerprint density at radius 1 is 1.38 bits per heavy atom. The van der Waals surface area contributed by atoms with Crippen LogP contribution in [-0.4, -0.2) is 67.5 Å². The number of hydrogen-bond donors (Lipinski definition) is 2. The highest BCUT2D eigenvalue weighted by atomic mass is 32.2. The minimum Gasteiger partial charge on any atom is -0.493 e. The molecule has 1 atom stereocenters. The van der Waals surface area contributed by atoms with Crippen LogP contribution in [0.5, 0.6) is 11.5 Å². The molecule has 0 saturated carbocycles. The van der Waals surface area contributed by atoms with E-state index in [-0.39, 0.29) is 6.61 Å². The van der Waals surface area contributed by atoms with Gasteiger partial charge in [-0.3, -0.25) is 4.90 Å². The molecule has 24 heavy (non-hydrogen) atoms. The Kier molecular flexibility index (Phi) is 8.45. The zero-order chi connectivity index (χ0) is 17.2. The second kappa shape index (κ2) is 10.6. The number of thioether (sulfide) groups is 1. The van der Waals surface area contributed by atoms with E-state index in [9.17, 15) is 5.11 Å². The van der Waals surface area contributed by atoms with Crippen molar-refractivity contribution in [2.75, 3.05) is 51.4 Å². The van der Waals surface area contributed by atoms with Crippen molar-refractivity contribution in [3.05, 3.63) is 36.4 Å². The largest absolute Gasteiger partial charge is 0.493 e. The van der Waals surface area contributed by atoms with Crippen LogP contribution in [0, 0.1) is 0 Å². The molecule has 0 aliphatic carbocycles. The SMILES string of the molecule is C=CCNCc1ccc(OC[C@@H](O)CN2CCSCC2)c(OC)c1. The average Bonchev–Trinajstić information content (AvgIpc) is 2.61. The van der Waals surface area contributed by atoms with E-state index < -0.39 is 6.10 Å². The van der Waals surface area contributed by atoms with E-state index >= 15 is 0 Å². The van der Waals surface area contributed by atoms with Crippen molar-refractivity contribution in [1.29, 1.82) is 0 Å². The van der Waals surface area contributed by atoms with Crippen LogP contribution in [0.4, 0.5) is 0 Å². The first-order chi connectivity index (χ1) is 11.7. The molecule has 1 aliphatic heterocycles. The molecule has 0 amide bonds. The van der Waals surface area contributed by atoms with Gasteiger partial charge in [-0.1, -0.05) is 12.1 Å². The Morgan fingerprint density at radius 3 is 2.88 bits per heavy atom. The lowest BCUT2D eigenvalue weighted by molar-refractivity contribution is 0.0705. The minimum atomic E-state index is -0.494. The number of benzene rings is 1. The van der Waals surface area contributed by atoms with Gasteiger partial charge in [0.1, 0.15) is 12.7 Å². The number of methoxy groups -OCH3 is 1. The molecule has 0 aromatic heterocycles. The number of nitrogens with zero attached hydrogens (tertiary/aromatic N) is 1. The average molecular weight is 353 g/mol. The molecule has 1 fully saturated rings. The third-order valence-corrected chi connectivity index (χ3v) is 4.79. The summed E-state index contributed by atoms with van der Waals surface area (Å²) in [7, 11) is 1.63. The maximum Gasteiger partial charge on any atom is 0.161 e. The normalized spacial score (nSPS) is 16.6.